The summed E-state index contributed by atoms with van der Waals surface area (Å²) in [6, 6.07) is 6.54. The third-order valence-corrected chi connectivity index (χ3v) is 6.22. The molecule has 0 aliphatic carbocycles. The summed E-state index contributed by atoms with van der Waals surface area (Å²) >= 11 is 2.02. The van der Waals surface area contributed by atoms with Crippen molar-refractivity contribution in [2.24, 2.45) is 5.41 Å². The lowest BCUT2D eigenvalue weighted by atomic mass is 9.76. The van der Waals surface area contributed by atoms with Gasteiger partial charge in [0.2, 0.25) is 0 Å². The largest absolute Gasteiger partial charge is 0.497 e. The molecule has 0 aromatic heterocycles. The van der Waals surface area contributed by atoms with Crippen LogP contribution < -0.4 is 14.8 Å². The second-order valence-corrected chi connectivity index (χ2v) is 8.05. The van der Waals surface area contributed by atoms with Gasteiger partial charge in [0, 0.05) is 29.8 Å². The lowest BCUT2D eigenvalue weighted by molar-refractivity contribution is 0.0127. The summed E-state index contributed by atoms with van der Waals surface area (Å²) in [5.41, 5.74) is 1.52. The van der Waals surface area contributed by atoms with Crippen LogP contribution in [0.25, 0.3) is 0 Å². The fourth-order valence-electron chi connectivity index (χ4n) is 3.72. The van der Waals surface area contributed by atoms with Crippen LogP contribution in [0.4, 0.5) is 0 Å². The van der Waals surface area contributed by atoms with Crippen LogP contribution in [-0.2, 0) is 0 Å². The number of hydrogen-bond donors (Lipinski definition) is 1. The van der Waals surface area contributed by atoms with Crippen LogP contribution in [-0.4, -0.2) is 31.3 Å². The van der Waals surface area contributed by atoms with Gasteiger partial charge in [0.1, 0.15) is 17.1 Å². The molecule has 0 radical (unpaired) electrons. The third kappa shape index (κ3) is 2.88. The average molecular weight is 307 g/mol. The molecule has 3 nitrogen and oxygen atoms in total. The van der Waals surface area contributed by atoms with Crippen LogP contribution in [0.15, 0.2) is 18.2 Å². The molecule has 2 aliphatic heterocycles. The first-order valence-corrected chi connectivity index (χ1v) is 8.74. The van der Waals surface area contributed by atoms with E-state index in [1.807, 2.05) is 30.9 Å². The summed E-state index contributed by atoms with van der Waals surface area (Å²) < 4.78 is 11.9. The van der Waals surface area contributed by atoms with E-state index in [-0.39, 0.29) is 5.60 Å². The highest BCUT2D eigenvalue weighted by Crippen LogP contribution is 2.50. The number of nitrogens with one attached hydrogen (secondary N) is 1. The maximum absolute atomic E-state index is 6.53. The molecule has 1 saturated heterocycles. The van der Waals surface area contributed by atoms with Crippen molar-refractivity contribution in [1.29, 1.82) is 0 Å². The number of thioether (sulfide) groups is 1. The summed E-state index contributed by atoms with van der Waals surface area (Å²) in [7, 11) is 3.74. The molecule has 2 unspecified atom stereocenters. The minimum absolute atomic E-state index is 0.0561. The third-order valence-electron chi connectivity index (χ3n) is 4.51. The first kappa shape index (κ1) is 15.0. The predicted molar refractivity (Wildman–Crippen MR) is 88.5 cm³/mol. The second kappa shape index (κ2) is 5.40. The molecule has 1 spiro atoms. The highest BCUT2D eigenvalue weighted by molar-refractivity contribution is 7.99. The van der Waals surface area contributed by atoms with Gasteiger partial charge in [0.15, 0.2) is 0 Å². The lowest BCUT2D eigenvalue weighted by Gasteiger charge is -2.48. The van der Waals surface area contributed by atoms with Crippen molar-refractivity contribution >= 4 is 11.8 Å². The van der Waals surface area contributed by atoms with Crippen molar-refractivity contribution in [3.63, 3.8) is 0 Å². The molecule has 2 heterocycles. The van der Waals surface area contributed by atoms with Gasteiger partial charge in [0.25, 0.3) is 0 Å². The molecule has 4 heteroatoms. The van der Waals surface area contributed by atoms with Gasteiger partial charge >= 0.3 is 0 Å². The van der Waals surface area contributed by atoms with E-state index in [0.717, 1.165) is 30.1 Å². The van der Waals surface area contributed by atoms with E-state index in [4.69, 9.17) is 9.47 Å². The fourth-order valence-corrected chi connectivity index (χ4v) is 5.12. The Bertz CT molecular complexity index is 532. The van der Waals surface area contributed by atoms with E-state index in [0.29, 0.717) is 11.5 Å². The van der Waals surface area contributed by atoms with Crippen molar-refractivity contribution in [3.8, 4) is 11.5 Å². The highest BCUT2D eigenvalue weighted by atomic mass is 32.2. The molecule has 1 N–H and O–H groups in total. The average Bonchev–Trinajstić information content (AvgIpc) is 2.44. The summed E-state index contributed by atoms with van der Waals surface area (Å²) in [6.45, 7) is 4.69. The number of fused-ring (bicyclic) bond motifs is 1. The van der Waals surface area contributed by atoms with E-state index in [9.17, 15) is 0 Å². The van der Waals surface area contributed by atoms with Crippen LogP contribution in [0.2, 0.25) is 0 Å². The molecule has 2 aliphatic rings. The normalized spacial score (nSPS) is 30.6. The molecular formula is C17H25NO2S. The van der Waals surface area contributed by atoms with Gasteiger partial charge < -0.3 is 14.8 Å². The summed E-state index contributed by atoms with van der Waals surface area (Å²) in [5, 5.41) is 3.47. The molecule has 3 rings (SSSR count). The fraction of sp³-hybridized carbons (Fsp3) is 0.647. The van der Waals surface area contributed by atoms with E-state index < -0.39 is 0 Å². The Labute approximate surface area is 131 Å². The topological polar surface area (TPSA) is 30.5 Å². The van der Waals surface area contributed by atoms with E-state index in [1.165, 1.54) is 11.3 Å². The zero-order chi connectivity index (χ0) is 15.1. The molecule has 1 fully saturated rings. The van der Waals surface area contributed by atoms with Crippen molar-refractivity contribution < 1.29 is 9.47 Å². The molecule has 0 saturated carbocycles. The van der Waals surface area contributed by atoms with Crippen molar-refractivity contribution in [3.05, 3.63) is 23.8 Å². The van der Waals surface area contributed by atoms with Gasteiger partial charge in [0.05, 0.1) is 7.11 Å². The summed E-state index contributed by atoms with van der Waals surface area (Å²) in [6.07, 6.45) is 2.15. The Balaban J connectivity index is 1.96. The van der Waals surface area contributed by atoms with Gasteiger partial charge in [-0.05, 0) is 30.7 Å². The number of ether oxygens (including phenoxy) is 2. The second-order valence-electron chi connectivity index (χ2n) is 7.07. The van der Waals surface area contributed by atoms with Crippen LogP contribution >= 0.6 is 11.8 Å². The van der Waals surface area contributed by atoms with Gasteiger partial charge in [-0.25, -0.2) is 0 Å². The first-order valence-electron chi connectivity index (χ1n) is 7.59. The minimum Gasteiger partial charge on any atom is -0.497 e. The van der Waals surface area contributed by atoms with Gasteiger partial charge in [-0.15, -0.1) is 0 Å². The molecular weight excluding hydrogens is 282 g/mol. The number of hydrogen-bond acceptors (Lipinski definition) is 4. The summed E-state index contributed by atoms with van der Waals surface area (Å²) in [4.78, 5) is 0. The van der Waals surface area contributed by atoms with E-state index >= 15 is 0 Å². The van der Waals surface area contributed by atoms with Crippen LogP contribution in [0.5, 0.6) is 11.5 Å². The van der Waals surface area contributed by atoms with Gasteiger partial charge in [-0.2, -0.15) is 11.8 Å². The zero-order valence-corrected chi connectivity index (χ0v) is 14.2. The quantitative estimate of drug-likeness (QED) is 0.903. The molecule has 2 atom stereocenters. The molecule has 1 aromatic carbocycles. The summed E-state index contributed by atoms with van der Waals surface area (Å²) in [5.74, 6) is 4.14. The number of rotatable bonds is 2. The van der Waals surface area contributed by atoms with Crippen molar-refractivity contribution in [2.75, 3.05) is 25.7 Å². The maximum Gasteiger partial charge on any atom is 0.128 e. The molecule has 0 bridgehead atoms. The van der Waals surface area contributed by atoms with Crippen LogP contribution in [0.3, 0.4) is 0 Å². The number of methoxy groups -OCH3 is 1. The van der Waals surface area contributed by atoms with E-state index in [2.05, 4.69) is 25.2 Å². The SMILES string of the molecule is CNC1CC2(CSCC(C)(C)C2)Oc2cc(OC)ccc21. The first-order chi connectivity index (χ1) is 9.97. The Morgan fingerprint density at radius 1 is 1.33 bits per heavy atom. The number of benzene rings is 1. The van der Waals surface area contributed by atoms with Crippen molar-refractivity contribution in [2.45, 2.75) is 38.3 Å². The Morgan fingerprint density at radius 3 is 2.81 bits per heavy atom. The Kier molecular flexibility index (Phi) is 3.87. The molecule has 21 heavy (non-hydrogen) atoms. The monoisotopic (exact) mass is 307 g/mol. The maximum atomic E-state index is 6.53. The Morgan fingerprint density at radius 2 is 2.14 bits per heavy atom. The molecule has 1 aromatic rings. The smallest absolute Gasteiger partial charge is 0.128 e. The van der Waals surface area contributed by atoms with Gasteiger partial charge in [-0.3, -0.25) is 0 Å². The predicted octanol–water partition coefficient (Wildman–Crippen LogP) is 3.64. The molecule has 116 valence electrons. The highest BCUT2D eigenvalue weighted by Gasteiger charge is 2.46. The minimum atomic E-state index is -0.0561. The van der Waals surface area contributed by atoms with Crippen LogP contribution in [0.1, 0.15) is 38.3 Å². The Hall–Kier alpha value is -0.870. The zero-order valence-electron chi connectivity index (χ0n) is 13.4. The van der Waals surface area contributed by atoms with E-state index in [1.54, 1.807) is 7.11 Å². The standard InChI is InChI=1S/C17H25NO2S/c1-16(2)9-17(11-21-10-16)8-14(18-3)13-6-5-12(19-4)7-15(13)20-17/h5-7,14,18H,8-11H2,1-4H3. The molecule has 0 amide bonds. The van der Waals surface area contributed by atoms with Crippen molar-refractivity contribution in [1.82, 2.24) is 5.32 Å². The van der Waals surface area contributed by atoms with Gasteiger partial charge in [-0.1, -0.05) is 19.9 Å². The van der Waals surface area contributed by atoms with Crippen LogP contribution in [0, 0.1) is 5.41 Å². The lowest BCUT2D eigenvalue weighted by Crippen LogP contribution is -2.51.